The molecule has 0 unspecified atom stereocenters. The third kappa shape index (κ3) is 9.64. The van der Waals surface area contributed by atoms with Gasteiger partial charge in [-0.25, -0.2) is 0 Å². The van der Waals surface area contributed by atoms with Crippen molar-refractivity contribution in [3.8, 4) is 46.7 Å². The van der Waals surface area contributed by atoms with Crippen LogP contribution in [0.25, 0.3) is 0 Å². The van der Waals surface area contributed by atoms with E-state index in [2.05, 4.69) is 23.7 Å². The molecule has 0 bridgehead atoms. The first-order valence-corrected chi connectivity index (χ1v) is 20.0. The van der Waals surface area contributed by atoms with Gasteiger partial charge in [-0.2, -0.15) is 26.3 Å². The van der Waals surface area contributed by atoms with E-state index >= 15 is 0 Å². The predicted octanol–water partition coefficient (Wildman–Crippen LogP) is 10.1. The van der Waals surface area contributed by atoms with E-state index in [1.807, 2.05) is 0 Å². The molecule has 8 nitrogen and oxygen atoms in total. The average molecular weight is 905 g/mol. The minimum atomic E-state index is -5.16. The maximum absolute atomic E-state index is 13.8. The number of anilines is 2. The molecule has 0 aliphatic rings. The standard InChI is InChI=1S/C52H42F6N2O6/c1-59(47(61)51(53,54)55)41-13-9-11-39(33-41)49(35-15-23-43(63-3)24-16-35,36-17-25-44(64-4)26-18-36)31-7-8-32-50(37-19-27-45(65-5)28-20-37,38-21-29-46(66-6)30-22-38)40-12-10-14-42(34-40)60(2)48(62)52(56,57)58/h9-30,33-34H,1-6H3. The molecule has 0 aliphatic heterocycles. The lowest BCUT2D eigenvalue weighted by Crippen LogP contribution is -2.38. The number of amides is 2. The first-order chi connectivity index (χ1) is 31.4. The summed E-state index contributed by atoms with van der Waals surface area (Å²) in [6.45, 7) is 0. The molecule has 0 fully saturated rings. The molecule has 0 saturated heterocycles. The highest BCUT2D eigenvalue weighted by atomic mass is 19.4. The van der Waals surface area contributed by atoms with Gasteiger partial charge in [-0.15, -0.1) is 0 Å². The molecule has 6 rings (SSSR count). The van der Waals surface area contributed by atoms with Gasteiger partial charge in [-0.3, -0.25) is 9.59 Å². The lowest BCUT2D eigenvalue weighted by molar-refractivity contribution is -0.170. The Labute approximate surface area is 378 Å². The summed E-state index contributed by atoms with van der Waals surface area (Å²) in [6.07, 6.45) is -10.3. The van der Waals surface area contributed by atoms with Crippen molar-refractivity contribution >= 4 is 23.2 Å². The molecular weight excluding hydrogens is 863 g/mol. The lowest BCUT2D eigenvalue weighted by atomic mass is 9.69. The molecule has 0 radical (unpaired) electrons. The second kappa shape index (κ2) is 19.5. The number of rotatable bonds is 12. The van der Waals surface area contributed by atoms with E-state index in [-0.39, 0.29) is 11.4 Å². The second-order valence-electron chi connectivity index (χ2n) is 14.7. The van der Waals surface area contributed by atoms with Gasteiger partial charge in [-0.05, 0) is 118 Å². The highest BCUT2D eigenvalue weighted by Gasteiger charge is 2.44. The molecule has 0 N–H and O–H groups in total. The number of carbonyl (C=O) groups is 2. The first-order valence-electron chi connectivity index (χ1n) is 20.0. The van der Waals surface area contributed by atoms with Crippen molar-refractivity contribution in [3.63, 3.8) is 0 Å². The van der Waals surface area contributed by atoms with E-state index in [9.17, 15) is 35.9 Å². The second-order valence-corrected chi connectivity index (χ2v) is 14.7. The Morgan fingerprint density at radius 3 is 0.894 bits per heavy atom. The van der Waals surface area contributed by atoms with Crippen LogP contribution in [0.4, 0.5) is 37.7 Å². The highest BCUT2D eigenvalue weighted by Crippen LogP contribution is 2.43. The van der Waals surface area contributed by atoms with Gasteiger partial charge in [0, 0.05) is 25.5 Å². The zero-order valence-electron chi connectivity index (χ0n) is 36.5. The average Bonchev–Trinajstić information content (AvgIpc) is 3.34. The topological polar surface area (TPSA) is 77.5 Å². The minimum absolute atomic E-state index is 0.0685. The number of carbonyl (C=O) groups excluding carboxylic acids is 2. The van der Waals surface area contributed by atoms with Crippen LogP contribution < -0.4 is 28.7 Å². The fraction of sp³-hybridized carbons (Fsp3) is 0.192. The maximum Gasteiger partial charge on any atom is 0.471 e. The molecular formula is C52H42F6N2O6. The van der Waals surface area contributed by atoms with E-state index in [0.29, 0.717) is 66.2 Å². The van der Waals surface area contributed by atoms with Crippen molar-refractivity contribution < 1.29 is 54.9 Å². The number of hydrogen-bond donors (Lipinski definition) is 0. The van der Waals surface area contributed by atoms with Gasteiger partial charge in [0.1, 0.15) is 33.8 Å². The van der Waals surface area contributed by atoms with Crippen molar-refractivity contribution in [2.75, 3.05) is 52.3 Å². The van der Waals surface area contributed by atoms with Crippen LogP contribution in [0.3, 0.4) is 0 Å². The molecule has 0 atom stereocenters. The van der Waals surface area contributed by atoms with E-state index in [0.717, 1.165) is 14.1 Å². The van der Waals surface area contributed by atoms with Crippen LogP contribution in [0.2, 0.25) is 0 Å². The summed E-state index contributed by atoms with van der Waals surface area (Å²) in [4.78, 5) is 26.0. The van der Waals surface area contributed by atoms with Crippen molar-refractivity contribution in [3.05, 3.63) is 179 Å². The zero-order valence-corrected chi connectivity index (χ0v) is 36.5. The van der Waals surface area contributed by atoms with Crippen LogP contribution >= 0.6 is 0 Å². The highest BCUT2D eigenvalue weighted by molar-refractivity contribution is 5.97. The molecule has 6 aromatic rings. The van der Waals surface area contributed by atoms with E-state index < -0.39 is 35.0 Å². The summed E-state index contributed by atoms with van der Waals surface area (Å²) in [6, 6.07) is 39.7. The fourth-order valence-corrected chi connectivity index (χ4v) is 7.56. The minimum Gasteiger partial charge on any atom is -0.497 e. The van der Waals surface area contributed by atoms with Gasteiger partial charge in [0.25, 0.3) is 0 Å². The van der Waals surface area contributed by atoms with Gasteiger partial charge in [0.2, 0.25) is 0 Å². The van der Waals surface area contributed by atoms with Gasteiger partial charge in [0.05, 0.1) is 28.4 Å². The van der Waals surface area contributed by atoms with Crippen LogP contribution in [-0.2, 0) is 20.4 Å². The summed E-state index contributed by atoms with van der Waals surface area (Å²) in [7, 11) is 8.04. The van der Waals surface area contributed by atoms with Crippen LogP contribution in [0.5, 0.6) is 23.0 Å². The molecule has 338 valence electrons. The maximum atomic E-state index is 13.8. The third-order valence-corrected chi connectivity index (χ3v) is 11.1. The Morgan fingerprint density at radius 2 is 0.667 bits per heavy atom. The SMILES string of the molecule is COc1ccc(C(C#CC#CC(c2ccc(OC)cc2)(c2ccc(OC)cc2)c2cccc(N(C)C(=O)C(F)(F)F)c2)(c2ccc(OC)cc2)c2cccc(N(C)C(=O)C(F)(F)F)c2)cc1. The van der Waals surface area contributed by atoms with Gasteiger partial charge in [0.15, 0.2) is 0 Å². The van der Waals surface area contributed by atoms with Crippen molar-refractivity contribution in [1.29, 1.82) is 0 Å². The van der Waals surface area contributed by atoms with E-state index in [4.69, 9.17) is 18.9 Å². The Hall–Kier alpha value is -7.84. The first kappa shape index (κ1) is 47.6. The zero-order chi connectivity index (χ0) is 47.9. The number of methoxy groups -OCH3 is 4. The van der Waals surface area contributed by atoms with E-state index in [1.54, 1.807) is 109 Å². The third-order valence-electron chi connectivity index (χ3n) is 11.1. The van der Waals surface area contributed by atoms with Gasteiger partial charge in [-0.1, -0.05) is 84.6 Å². The molecule has 0 saturated carbocycles. The molecule has 66 heavy (non-hydrogen) atoms. The molecule has 0 aromatic heterocycles. The van der Waals surface area contributed by atoms with Crippen LogP contribution in [0.15, 0.2) is 146 Å². The van der Waals surface area contributed by atoms with Crippen molar-refractivity contribution in [2.24, 2.45) is 0 Å². The quantitative estimate of drug-likeness (QED) is 0.0692. The largest absolute Gasteiger partial charge is 0.497 e. The summed E-state index contributed by atoms with van der Waals surface area (Å²) in [5.41, 5.74) is -0.220. The van der Waals surface area contributed by atoms with Crippen LogP contribution in [0.1, 0.15) is 33.4 Å². The van der Waals surface area contributed by atoms with Gasteiger partial charge >= 0.3 is 24.2 Å². The molecule has 0 aliphatic carbocycles. The Morgan fingerprint density at radius 1 is 0.409 bits per heavy atom. The summed E-state index contributed by atoms with van der Waals surface area (Å²) in [5, 5.41) is 0. The number of ether oxygens (including phenoxy) is 4. The molecule has 2 amide bonds. The smallest absolute Gasteiger partial charge is 0.471 e. The van der Waals surface area contributed by atoms with Crippen molar-refractivity contribution in [2.45, 2.75) is 23.2 Å². The Bertz CT molecular complexity index is 2510. The monoisotopic (exact) mass is 904 g/mol. The summed E-state index contributed by atoms with van der Waals surface area (Å²) in [5.74, 6) is 10.7. The van der Waals surface area contributed by atoms with E-state index in [1.165, 1.54) is 64.8 Å². The van der Waals surface area contributed by atoms with Crippen LogP contribution in [0, 0.1) is 23.7 Å². The molecule has 0 spiro atoms. The lowest BCUT2D eigenvalue weighted by Gasteiger charge is -2.32. The molecule has 0 heterocycles. The molecule has 6 aromatic carbocycles. The normalized spacial score (nSPS) is 11.5. The number of alkyl halides is 6. The van der Waals surface area contributed by atoms with Gasteiger partial charge < -0.3 is 28.7 Å². The summed E-state index contributed by atoms with van der Waals surface area (Å²) >= 11 is 0. The molecule has 14 heteroatoms. The van der Waals surface area contributed by atoms with Crippen molar-refractivity contribution in [1.82, 2.24) is 0 Å². The van der Waals surface area contributed by atoms with Crippen LogP contribution in [-0.4, -0.2) is 66.7 Å². The number of benzene rings is 6. The predicted molar refractivity (Wildman–Crippen MR) is 239 cm³/mol. The summed E-state index contributed by atoms with van der Waals surface area (Å²) < 4.78 is 104. The Balaban J connectivity index is 1.70. The Kier molecular flexibility index (Phi) is 14.1. The number of halogens is 6. The fourth-order valence-electron chi connectivity index (χ4n) is 7.56. The number of hydrogen-bond acceptors (Lipinski definition) is 6. The number of nitrogens with zero attached hydrogens (tertiary/aromatic N) is 2.